The van der Waals surface area contributed by atoms with Crippen molar-refractivity contribution in [1.82, 2.24) is 5.32 Å². The Morgan fingerprint density at radius 1 is 1.35 bits per heavy atom. The largest absolute Gasteiger partial charge is 0.366 e. The fraction of sp³-hybridized carbons (Fsp3) is 0.647. The minimum absolute atomic E-state index is 0.0889. The lowest BCUT2D eigenvalue weighted by Gasteiger charge is -2.39. The second-order valence-corrected chi connectivity index (χ2v) is 6.37. The van der Waals surface area contributed by atoms with Gasteiger partial charge in [-0.15, -0.1) is 0 Å². The Kier molecular flexibility index (Phi) is 5.03. The number of hydrogen-bond donors (Lipinski definition) is 1. The van der Waals surface area contributed by atoms with Gasteiger partial charge in [0.1, 0.15) is 5.82 Å². The van der Waals surface area contributed by atoms with Crippen LogP contribution in [0.2, 0.25) is 0 Å². The standard InChI is InChI=1S/C17H27FN2/c1-12(2)19-11-15-7-8-17(16(18)10-15)20-9-5-6-13(3)14(20)4/h7-8,10,12-14,19H,5-6,9,11H2,1-4H3. The van der Waals surface area contributed by atoms with E-state index in [4.69, 9.17) is 0 Å². The molecule has 1 aliphatic rings. The van der Waals surface area contributed by atoms with Gasteiger partial charge in [0, 0.05) is 25.2 Å². The molecule has 3 heteroatoms. The predicted octanol–water partition coefficient (Wildman–Crippen LogP) is 3.95. The third-order valence-electron chi connectivity index (χ3n) is 4.41. The summed E-state index contributed by atoms with van der Waals surface area (Å²) in [7, 11) is 0. The molecule has 1 saturated heterocycles. The summed E-state index contributed by atoms with van der Waals surface area (Å²) in [4.78, 5) is 2.23. The van der Waals surface area contributed by atoms with Crippen molar-refractivity contribution < 1.29 is 4.39 Å². The molecule has 0 spiro atoms. The lowest BCUT2D eigenvalue weighted by molar-refractivity contribution is 0.360. The van der Waals surface area contributed by atoms with Gasteiger partial charge in [-0.05, 0) is 43.4 Å². The molecule has 112 valence electrons. The van der Waals surface area contributed by atoms with Crippen LogP contribution in [-0.4, -0.2) is 18.6 Å². The summed E-state index contributed by atoms with van der Waals surface area (Å²) in [6, 6.07) is 6.50. The maximum absolute atomic E-state index is 14.4. The summed E-state index contributed by atoms with van der Waals surface area (Å²) in [5, 5.41) is 3.32. The van der Waals surface area contributed by atoms with E-state index in [0.29, 0.717) is 18.0 Å². The molecular formula is C17H27FN2. The first-order valence-electron chi connectivity index (χ1n) is 7.77. The Hall–Kier alpha value is -1.09. The van der Waals surface area contributed by atoms with E-state index in [1.165, 1.54) is 6.42 Å². The fourth-order valence-electron chi connectivity index (χ4n) is 2.89. The van der Waals surface area contributed by atoms with E-state index in [1.807, 2.05) is 12.1 Å². The van der Waals surface area contributed by atoms with Crippen molar-refractivity contribution in [3.8, 4) is 0 Å². The Morgan fingerprint density at radius 3 is 2.75 bits per heavy atom. The molecule has 2 rings (SSSR count). The van der Waals surface area contributed by atoms with Crippen molar-refractivity contribution in [2.75, 3.05) is 11.4 Å². The van der Waals surface area contributed by atoms with E-state index in [-0.39, 0.29) is 5.82 Å². The second-order valence-electron chi connectivity index (χ2n) is 6.37. The Morgan fingerprint density at radius 2 is 2.10 bits per heavy atom. The number of piperidine rings is 1. The first-order valence-corrected chi connectivity index (χ1v) is 7.77. The van der Waals surface area contributed by atoms with Crippen LogP contribution < -0.4 is 10.2 Å². The molecule has 0 amide bonds. The number of anilines is 1. The molecule has 1 aromatic rings. The topological polar surface area (TPSA) is 15.3 Å². The highest BCUT2D eigenvalue weighted by Gasteiger charge is 2.26. The normalized spacial score (nSPS) is 23.4. The summed E-state index contributed by atoms with van der Waals surface area (Å²) >= 11 is 0. The molecule has 0 aromatic heterocycles. The van der Waals surface area contributed by atoms with Crippen LogP contribution in [0, 0.1) is 11.7 Å². The molecule has 1 heterocycles. The minimum atomic E-state index is -0.0889. The average Bonchev–Trinajstić information content (AvgIpc) is 2.40. The predicted molar refractivity (Wildman–Crippen MR) is 83.6 cm³/mol. The third-order valence-corrected chi connectivity index (χ3v) is 4.41. The molecule has 2 atom stereocenters. The quantitative estimate of drug-likeness (QED) is 0.897. The Balaban J connectivity index is 2.12. The van der Waals surface area contributed by atoms with E-state index in [2.05, 4.69) is 37.9 Å². The number of rotatable bonds is 4. The van der Waals surface area contributed by atoms with E-state index < -0.39 is 0 Å². The van der Waals surface area contributed by atoms with Crippen molar-refractivity contribution in [3.63, 3.8) is 0 Å². The second kappa shape index (κ2) is 6.57. The zero-order valence-electron chi connectivity index (χ0n) is 13.1. The molecule has 1 aliphatic heterocycles. The van der Waals surface area contributed by atoms with Gasteiger partial charge in [-0.1, -0.05) is 26.8 Å². The number of halogens is 1. The maximum Gasteiger partial charge on any atom is 0.146 e. The van der Waals surface area contributed by atoms with Gasteiger partial charge in [-0.25, -0.2) is 4.39 Å². The maximum atomic E-state index is 14.4. The fourth-order valence-corrected chi connectivity index (χ4v) is 2.89. The summed E-state index contributed by atoms with van der Waals surface area (Å²) in [5.41, 5.74) is 1.77. The Labute approximate surface area is 122 Å². The molecule has 1 aromatic carbocycles. The third kappa shape index (κ3) is 3.51. The molecule has 2 unspecified atom stereocenters. The van der Waals surface area contributed by atoms with Crippen LogP contribution >= 0.6 is 0 Å². The number of nitrogens with zero attached hydrogens (tertiary/aromatic N) is 1. The molecule has 1 N–H and O–H groups in total. The van der Waals surface area contributed by atoms with Crippen LogP contribution in [-0.2, 0) is 6.54 Å². The van der Waals surface area contributed by atoms with Crippen LogP contribution in [0.4, 0.5) is 10.1 Å². The van der Waals surface area contributed by atoms with E-state index in [0.717, 1.165) is 30.8 Å². The van der Waals surface area contributed by atoms with Crippen molar-refractivity contribution in [3.05, 3.63) is 29.6 Å². The Bertz CT molecular complexity index is 445. The first-order chi connectivity index (χ1) is 9.49. The lowest BCUT2D eigenvalue weighted by atomic mass is 9.91. The van der Waals surface area contributed by atoms with Crippen molar-refractivity contribution in [2.24, 2.45) is 5.92 Å². The van der Waals surface area contributed by atoms with E-state index in [9.17, 15) is 4.39 Å². The molecule has 20 heavy (non-hydrogen) atoms. The van der Waals surface area contributed by atoms with Gasteiger partial charge in [-0.2, -0.15) is 0 Å². The number of hydrogen-bond acceptors (Lipinski definition) is 2. The number of nitrogens with one attached hydrogen (secondary N) is 1. The van der Waals surface area contributed by atoms with Crippen LogP contribution in [0.15, 0.2) is 18.2 Å². The summed E-state index contributed by atoms with van der Waals surface area (Å²) in [5.74, 6) is 0.541. The van der Waals surface area contributed by atoms with Crippen LogP contribution in [0.3, 0.4) is 0 Å². The van der Waals surface area contributed by atoms with Gasteiger partial charge in [0.15, 0.2) is 0 Å². The molecule has 2 nitrogen and oxygen atoms in total. The van der Waals surface area contributed by atoms with Gasteiger partial charge in [0.2, 0.25) is 0 Å². The van der Waals surface area contributed by atoms with Crippen molar-refractivity contribution in [1.29, 1.82) is 0 Å². The molecule has 0 radical (unpaired) electrons. The monoisotopic (exact) mass is 278 g/mol. The van der Waals surface area contributed by atoms with Crippen LogP contribution in [0.1, 0.15) is 46.1 Å². The highest BCUT2D eigenvalue weighted by molar-refractivity contribution is 5.50. The summed E-state index contributed by atoms with van der Waals surface area (Å²) in [6.07, 6.45) is 2.40. The van der Waals surface area contributed by atoms with Gasteiger partial charge in [0.05, 0.1) is 5.69 Å². The molecule has 1 fully saturated rings. The van der Waals surface area contributed by atoms with Gasteiger partial charge in [0.25, 0.3) is 0 Å². The smallest absolute Gasteiger partial charge is 0.146 e. The van der Waals surface area contributed by atoms with Crippen molar-refractivity contribution >= 4 is 5.69 Å². The van der Waals surface area contributed by atoms with Crippen LogP contribution in [0.5, 0.6) is 0 Å². The minimum Gasteiger partial charge on any atom is -0.366 e. The zero-order chi connectivity index (χ0) is 14.7. The summed E-state index contributed by atoms with van der Waals surface area (Å²) < 4.78 is 14.4. The molecule has 0 aliphatic carbocycles. The van der Waals surface area contributed by atoms with Crippen LogP contribution in [0.25, 0.3) is 0 Å². The van der Waals surface area contributed by atoms with Gasteiger partial charge >= 0.3 is 0 Å². The highest BCUT2D eigenvalue weighted by atomic mass is 19.1. The number of benzene rings is 1. The van der Waals surface area contributed by atoms with E-state index in [1.54, 1.807) is 6.07 Å². The first kappa shape index (κ1) is 15.3. The summed E-state index contributed by atoms with van der Waals surface area (Å²) in [6.45, 7) is 10.4. The average molecular weight is 278 g/mol. The highest BCUT2D eigenvalue weighted by Crippen LogP contribution is 2.30. The lowest BCUT2D eigenvalue weighted by Crippen LogP contribution is -2.42. The SMILES string of the molecule is CC(C)NCc1ccc(N2CCCC(C)C2C)c(F)c1. The van der Waals surface area contributed by atoms with E-state index >= 15 is 0 Å². The van der Waals surface area contributed by atoms with Crippen molar-refractivity contribution in [2.45, 2.75) is 59.2 Å². The molecule has 0 saturated carbocycles. The zero-order valence-corrected chi connectivity index (χ0v) is 13.1. The molecular weight excluding hydrogens is 251 g/mol. The van der Waals surface area contributed by atoms with Gasteiger partial charge in [-0.3, -0.25) is 0 Å². The van der Waals surface area contributed by atoms with Gasteiger partial charge < -0.3 is 10.2 Å². The molecule has 0 bridgehead atoms.